The van der Waals surface area contributed by atoms with E-state index in [4.69, 9.17) is 8.37 Å². The molecule has 6 rings (SSSR count). The van der Waals surface area contributed by atoms with E-state index >= 15 is 0 Å². The number of carbonyl (C=O) groups is 4. The first-order valence-corrected chi connectivity index (χ1v) is 12.7. The number of likely N-dealkylation sites (tertiary alicyclic amines) is 2. The maximum atomic E-state index is 12.6. The molecule has 0 aromatic carbocycles. The molecule has 4 bridgehead atoms. The highest BCUT2D eigenvalue weighted by molar-refractivity contribution is 7.81. The molecule has 8 atom stereocenters. The van der Waals surface area contributed by atoms with Crippen molar-refractivity contribution < 1.29 is 36.0 Å². The number of fused-ring (bicyclic) bond motifs is 10. The molecule has 0 N–H and O–H groups in total. The number of rotatable bonds is 8. The minimum Gasteiger partial charge on any atom is -0.280 e. The number of allylic oxidation sites excluding steroid dienone is 4. The summed E-state index contributed by atoms with van der Waals surface area (Å²) in [4.78, 5) is 52.6. The van der Waals surface area contributed by atoms with Crippen molar-refractivity contribution in [2.75, 3.05) is 26.3 Å². The zero-order chi connectivity index (χ0) is 23.1. The Morgan fingerprint density at radius 2 is 0.939 bits per heavy atom. The first-order chi connectivity index (χ1) is 15.8. The van der Waals surface area contributed by atoms with E-state index in [1.807, 2.05) is 24.3 Å². The smallest absolute Gasteiger partial charge is 0.280 e. The quantitative estimate of drug-likeness (QED) is 0.350. The zero-order valence-corrected chi connectivity index (χ0v) is 18.6. The molecule has 10 nitrogen and oxygen atoms in total. The third-order valence-electron chi connectivity index (χ3n) is 8.21. The van der Waals surface area contributed by atoms with E-state index in [0.717, 1.165) is 22.6 Å². The molecule has 176 valence electrons. The summed E-state index contributed by atoms with van der Waals surface area (Å²) in [6.07, 6.45) is 9.58. The standard InChI is InChI=1S/C22H24N2O8S/c25-19-15-11-1-2-12(9-11)16(15)20(26)23(19)5-7-31-33(29,30)32-8-6-24-21(27)17-13-3-4-14(10-13)18(17)22(24)28/h1-4,11-18H,5-10H2/t11-,12-,13-,14+,15-,16+,17+,18+/m0/s1. The highest BCUT2D eigenvalue weighted by Gasteiger charge is 2.60. The second-order valence-electron chi connectivity index (χ2n) is 9.71. The van der Waals surface area contributed by atoms with E-state index in [1.54, 1.807) is 0 Å². The molecule has 4 fully saturated rings. The molecule has 33 heavy (non-hydrogen) atoms. The van der Waals surface area contributed by atoms with E-state index in [1.165, 1.54) is 0 Å². The molecule has 0 spiro atoms. The summed E-state index contributed by atoms with van der Waals surface area (Å²) in [5.41, 5.74) is 0. The van der Waals surface area contributed by atoms with Gasteiger partial charge >= 0.3 is 10.4 Å². The van der Waals surface area contributed by atoms with Gasteiger partial charge in [-0.2, -0.15) is 8.42 Å². The molecule has 2 aliphatic heterocycles. The molecule has 4 aliphatic carbocycles. The normalized spacial score (nSPS) is 40.1. The van der Waals surface area contributed by atoms with Crippen LogP contribution in [0, 0.1) is 47.3 Å². The molecule has 0 unspecified atom stereocenters. The Kier molecular flexibility index (Phi) is 4.69. The number of amides is 4. The summed E-state index contributed by atoms with van der Waals surface area (Å²) >= 11 is 0. The maximum absolute atomic E-state index is 12.6. The van der Waals surface area contributed by atoms with Crippen LogP contribution in [0.25, 0.3) is 0 Å². The minimum atomic E-state index is -4.41. The summed E-state index contributed by atoms with van der Waals surface area (Å²) in [6.45, 7) is -1.17. The molecule has 11 heteroatoms. The topological polar surface area (TPSA) is 127 Å². The lowest BCUT2D eigenvalue weighted by atomic mass is 9.85. The van der Waals surface area contributed by atoms with Crippen molar-refractivity contribution in [3.05, 3.63) is 24.3 Å². The van der Waals surface area contributed by atoms with Gasteiger partial charge in [-0.05, 0) is 36.5 Å². The van der Waals surface area contributed by atoms with Crippen molar-refractivity contribution in [2.24, 2.45) is 47.3 Å². The van der Waals surface area contributed by atoms with Crippen LogP contribution < -0.4 is 0 Å². The van der Waals surface area contributed by atoms with Gasteiger partial charge in [0.2, 0.25) is 23.6 Å². The highest BCUT2D eigenvalue weighted by Crippen LogP contribution is 2.53. The molecule has 2 heterocycles. The summed E-state index contributed by atoms with van der Waals surface area (Å²) in [6, 6.07) is 0. The number of hydrogen-bond acceptors (Lipinski definition) is 8. The van der Waals surface area contributed by atoms with Crippen molar-refractivity contribution in [2.45, 2.75) is 12.8 Å². The van der Waals surface area contributed by atoms with E-state index in [-0.39, 0.29) is 84.1 Å². The van der Waals surface area contributed by atoms with Crippen molar-refractivity contribution in [1.82, 2.24) is 9.80 Å². The van der Waals surface area contributed by atoms with Gasteiger partial charge < -0.3 is 0 Å². The SMILES string of the molecule is O=C1[C@@H]2[C@H](C(=O)N1CCOS(=O)(=O)OCCN1C(=O)[C@H]3[C@H](C1=O)[C@H]1C=C[C@@H]3C1)[C@H]1C=C[C@H]2C1. The molecule has 6 aliphatic rings. The Balaban J connectivity index is 0.982. The van der Waals surface area contributed by atoms with Crippen LogP contribution in [-0.4, -0.2) is 68.1 Å². The average Bonchev–Trinajstić information content (AvgIpc) is 3.60. The summed E-state index contributed by atoms with van der Waals surface area (Å²) < 4.78 is 33.8. The Hall–Kier alpha value is -2.37. The average molecular weight is 477 g/mol. The lowest BCUT2D eigenvalue weighted by molar-refractivity contribution is -0.142. The van der Waals surface area contributed by atoms with Crippen molar-refractivity contribution in [3.63, 3.8) is 0 Å². The third-order valence-corrected chi connectivity index (χ3v) is 9.12. The van der Waals surface area contributed by atoms with Crippen LogP contribution in [0.3, 0.4) is 0 Å². The van der Waals surface area contributed by atoms with Gasteiger partial charge in [0.15, 0.2) is 0 Å². The second kappa shape index (κ2) is 7.31. The number of imide groups is 2. The van der Waals surface area contributed by atoms with Gasteiger partial charge in [0.05, 0.1) is 50.0 Å². The van der Waals surface area contributed by atoms with Crippen molar-refractivity contribution in [1.29, 1.82) is 0 Å². The van der Waals surface area contributed by atoms with Gasteiger partial charge in [-0.25, -0.2) is 8.37 Å². The first-order valence-electron chi connectivity index (χ1n) is 11.4. The van der Waals surface area contributed by atoms with E-state index < -0.39 is 23.6 Å². The Labute approximate surface area is 190 Å². The Bertz CT molecular complexity index is 973. The summed E-state index contributed by atoms with van der Waals surface area (Å²) in [5.74, 6) is -2.16. The van der Waals surface area contributed by atoms with Gasteiger partial charge in [-0.1, -0.05) is 24.3 Å². The van der Waals surface area contributed by atoms with Crippen LogP contribution in [0.2, 0.25) is 0 Å². The summed E-state index contributed by atoms with van der Waals surface area (Å²) in [5, 5.41) is 0. The van der Waals surface area contributed by atoms with Gasteiger partial charge in [0.1, 0.15) is 0 Å². The fourth-order valence-electron chi connectivity index (χ4n) is 6.86. The number of hydrogen-bond donors (Lipinski definition) is 0. The lowest BCUT2D eigenvalue weighted by Crippen LogP contribution is -2.37. The molecule has 0 aromatic heterocycles. The Morgan fingerprint density at radius 3 is 1.24 bits per heavy atom. The first kappa shape index (κ1) is 21.2. The molecule has 2 saturated heterocycles. The minimum absolute atomic E-state index is 0.0796. The lowest BCUT2D eigenvalue weighted by Gasteiger charge is -2.18. The molecule has 2 saturated carbocycles. The maximum Gasteiger partial charge on any atom is 0.399 e. The fraction of sp³-hybridized carbons (Fsp3) is 0.636. The second-order valence-corrected chi connectivity index (χ2v) is 11.0. The molecule has 4 amide bonds. The number of nitrogens with zero attached hydrogens (tertiary/aromatic N) is 2. The predicted molar refractivity (Wildman–Crippen MR) is 110 cm³/mol. The van der Waals surface area contributed by atoms with E-state index in [9.17, 15) is 27.6 Å². The Morgan fingerprint density at radius 1 is 0.636 bits per heavy atom. The molecule has 0 aromatic rings. The number of carbonyl (C=O) groups excluding carboxylic acids is 4. The van der Waals surface area contributed by atoms with Gasteiger partial charge in [-0.3, -0.25) is 29.0 Å². The van der Waals surface area contributed by atoms with Crippen LogP contribution >= 0.6 is 0 Å². The van der Waals surface area contributed by atoms with Gasteiger partial charge in [-0.15, -0.1) is 0 Å². The van der Waals surface area contributed by atoms with Crippen molar-refractivity contribution >= 4 is 34.0 Å². The van der Waals surface area contributed by atoms with Crippen molar-refractivity contribution in [3.8, 4) is 0 Å². The van der Waals surface area contributed by atoms with Crippen LogP contribution in [0.1, 0.15) is 12.8 Å². The summed E-state index contributed by atoms with van der Waals surface area (Å²) in [7, 11) is -4.41. The van der Waals surface area contributed by atoms with Crippen LogP contribution in [-0.2, 0) is 37.9 Å². The molecular weight excluding hydrogens is 452 g/mol. The van der Waals surface area contributed by atoms with Crippen LogP contribution in [0.5, 0.6) is 0 Å². The molecule has 0 radical (unpaired) electrons. The largest absolute Gasteiger partial charge is 0.399 e. The van der Waals surface area contributed by atoms with Gasteiger partial charge in [0.25, 0.3) is 0 Å². The third kappa shape index (κ3) is 3.08. The zero-order valence-electron chi connectivity index (χ0n) is 17.7. The fourth-order valence-corrected chi connectivity index (χ4v) is 7.49. The van der Waals surface area contributed by atoms with E-state index in [2.05, 4.69) is 0 Å². The highest BCUT2D eigenvalue weighted by atomic mass is 32.3. The van der Waals surface area contributed by atoms with Gasteiger partial charge in [0, 0.05) is 0 Å². The van der Waals surface area contributed by atoms with Crippen LogP contribution in [0.15, 0.2) is 24.3 Å². The van der Waals surface area contributed by atoms with Crippen LogP contribution in [0.4, 0.5) is 0 Å². The van der Waals surface area contributed by atoms with E-state index in [0.29, 0.717) is 0 Å². The monoisotopic (exact) mass is 476 g/mol. The molecular formula is C22H24N2O8S. The predicted octanol–water partition coefficient (Wildman–Crippen LogP) is -0.121.